The van der Waals surface area contributed by atoms with Crippen molar-refractivity contribution >= 4 is 11.8 Å². The highest BCUT2D eigenvalue weighted by atomic mass is 16.6. The van der Waals surface area contributed by atoms with Crippen molar-refractivity contribution in [2.75, 3.05) is 20.3 Å². The second-order valence-electron chi connectivity index (χ2n) is 9.01. The van der Waals surface area contributed by atoms with Crippen LogP contribution >= 0.6 is 0 Å². The Morgan fingerprint density at radius 1 is 1.33 bits per heavy atom. The van der Waals surface area contributed by atoms with E-state index in [1.165, 1.54) is 13.3 Å². The van der Waals surface area contributed by atoms with E-state index >= 15 is 0 Å². The van der Waals surface area contributed by atoms with Crippen molar-refractivity contribution in [1.29, 1.82) is 0 Å². The first kappa shape index (κ1) is 21.1. The number of aliphatic hydroxyl groups is 2. The SMILES string of the molecule is CCN/C=C1\C(=O)O[C@H](COC)[C@]2(C)C3=C(C(=O)C(O)=C12)[C@@H]1CC[C@H](O)[C@@]1(C)C[C]3. The highest BCUT2D eigenvalue weighted by Gasteiger charge is 2.61. The van der Waals surface area contributed by atoms with Crippen molar-refractivity contribution in [2.24, 2.45) is 16.7 Å². The average Bonchev–Trinajstić information content (AvgIpc) is 3.01. The van der Waals surface area contributed by atoms with Gasteiger partial charge in [-0.25, -0.2) is 4.79 Å². The third kappa shape index (κ3) is 2.64. The van der Waals surface area contributed by atoms with Crippen LogP contribution in [0.3, 0.4) is 0 Å². The second kappa shape index (κ2) is 7.24. The lowest BCUT2D eigenvalue weighted by atomic mass is 9.54. The molecule has 5 atom stereocenters. The maximum atomic E-state index is 13.4. The Morgan fingerprint density at radius 2 is 2.07 bits per heavy atom. The highest BCUT2D eigenvalue weighted by Crippen LogP contribution is 2.62. The van der Waals surface area contributed by atoms with Gasteiger partial charge in [0.05, 0.1) is 23.7 Å². The van der Waals surface area contributed by atoms with Gasteiger partial charge < -0.3 is 25.0 Å². The monoisotopic (exact) mass is 415 g/mol. The third-order valence-electron chi connectivity index (χ3n) is 7.44. The number of ether oxygens (including phenoxy) is 2. The van der Waals surface area contributed by atoms with Crippen LogP contribution in [0, 0.1) is 23.2 Å². The van der Waals surface area contributed by atoms with Gasteiger partial charge in [0.25, 0.3) is 0 Å². The van der Waals surface area contributed by atoms with Crippen LogP contribution in [0.1, 0.15) is 40.0 Å². The number of carbonyl (C=O) groups is 2. The number of aliphatic hydroxyl groups excluding tert-OH is 2. The molecule has 1 heterocycles. The molecular formula is C23H29NO6. The van der Waals surface area contributed by atoms with Crippen LogP contribution in [0.25, 0.3) is 0 Å². The van der Waals surface area contributed by atoms with Crippen molar-refractivity contribution in [1.82, 2.24) is 5.32 Å². The van der Waals surface area contributed by atoms with Gasteiger partial charge in [0, 0.05) is 42.8 Å². The summed E-state index contributed by atoms with van der Waals surface area (Å²) in [5, 5.41) is 24.7. The lowest BCUT2D eigenvalue weighted by Crippen LogP contribution is -2.53. The van der Waals surface area contributed by atoms with Crippen LogP contribution in [0.4, 0.5) is 0 Å². The molecule has 2 fully saturated rings. The number of allylic oxidation sites excluding steroid dienone is 1. The minimum atomic E-state index is -0.979. The molecule has 0 aromatic carbocycles. The van der Waals surface area contributed by atoms with Gasteiger partial charge in [0.15, 0.2) is 5.76 Å². The molecule has 0 unspecified atom stereocenters. The summed E-state index contributed by atoms with van der Waals surface area (Å²) in [5.41, 5.74) is 0.0890. The molecule has 1 saturated heterocycles. The molecule has 30 heavy (non-hydrogen) atoms. The average molecular weight is 415 g/mol. The summed E-state index contributed by atoms with van der Waals surface area (Å²) in [7, 11) is 1.52. The zero-order valence-corrected chi connectivity index (χ0v) is 17.9. The van der Waals surface area contributed by atoms with Gasteiger partial charge in [0.2, 0.25) is 5.78 Å². The molecule has 4 aliphatic rings. The smallest absolute Gasteiger partial charge is 0.340 e. The minimum absolute atomic E-state index is 0.116. The normalized spacial score (nSPS) is 39.6. The molecule has 0 aromatic rings. The molecule has 0 aromatic heterocycles. The molecule has 7 heteroatoms. The first-order valence-electron chi connectivity index (χ1n) is 10.5. The van der Waals surface area contributed by atoms with E-state index in [1.807, 2.05) is 20.8 Å². The van der Waals surface area contributed by atoms with Gasteiger partial charge >= 0.3 is 5.97 Å². The molecule has 4 rings (SSSR count). The Bertz CT molecular complexity index is 886. The van der Waals surface area contributed by atoms with Crippen molar-refractivity contribution in [3.8, 4) is 0 Å². The standard InChI is InChI=1S/C23H29NO6/c1-5-24-10-12-18-20(27)19(26)17-13-6-7-15(25)22(13,2)9-8-14(17)23(18,3)16(11-29-4)30-21(12)28/h10,13,15-16,24-25,27H,5-7,9,11H2,1-4H3/b12-10-/t13-,15-,16+,22-,23-/m0/s1. The van der Waals surface area contributed by atoms with Crippen molar-refractivity contribution in [2.45, 2.75) is 52.2 Å². The molecule has 1 saturated carbocycles. The van der Waals surface area contributed by atoms with Crippen LogP contribution in [-0.2, 0) is 19.1 Å². The summed E-state index contributed by atoms with van der Waals surface area (Å²) in [6.45, 7) is 6.42. The molecule has 0 amide bonds. The maximum Gasteiger partial charge on any atom is 0.340 e. The zero-order chi connectivity index (χ0) is 21.8. The van der Waals surface area contributed by atoms with Gasteiger partial charge in [-0.15, -0.1) is 0 Å². The van der Waals surface area contributed by atoms with Gasteiger partial charge in [-0.3, -0.25) is 4.79 Å². The Balaban J connectivity index is 1.93. The Hall–Kier alpha value is -2.12. The number of Topliss-reactive ketones (excluding diaryl/α,β-unsaturated/α-hetero) is 1. The summed E-state index contributed by atoms with van der Waals surface area (Å²) in [5.74, 6) is -1.70. The summed E-state index contributed by atoms with van der Waals surface area (Å²) >= 11 is 0. The number of methoxy groups -OCH3 is 1. The van der Waals surface area contributed by atoms with Crippen LogP contribution in [-0.4, -0.2) is 54.4 Å². The number of nitrogens with one attached hydrogen (secondary N) is 1. The fourth-order valence-corrected chi connectivity index (χ4v) is 5.66. The number of ketones is 1. The molecule has 2 radical (unpaired) electrons. The predicted molar refractivity (Wildman–Crippen MR) is 108 cm³/mol. The quantitative estimate of drug-likeness (QED) is 0.476. The van der Waals surface area contributed by atoms with Crippen LogP contribution in [0.15, 0.2) is 34.3 Å². The lowest BCUT2D eigenvalue weighted by molar-refractivity contribution is -0.156. The van der Waals surface area contributed by atoms with E-state index in [-0.39, 0.29) is 23.7 Å². The van der Waals surface area contributed by atoms with Crippen molar-refractivity contribution in [3.05, 3.63) is 40.7 Å². The Labute approximate surface area is 176 Å². The molecule has 162 valence electrons. The number of rotatable bonds is 4. The molecule has 0 bridgehead atoms. The number of esters is 1. The predicted octanol–water partition coefficient (Wildman–Crippen LogP) is 2.01. The van der Waals surface area contributed by atoms with Crippen molar-refractivity contribution in [3.63, 3.8) is 0 Å². The number of hydrogen-bond donors (Lipinski definition) is 3. The van der Waals surface area contributed by atoms with E-state index < -0.39 is 40.5 Å². The van der Waals surface area contributed by atoms with E-state index in [2.05, 4.69) is 11.7 Å². The lowest BCUT2D eigenvalue weighted by Gasteiger charge is -2.51. The largest absolute Gasteiger partial charge is 0.504 e. The van der Waals surface area contributed by atoms with E-state index in [0.29, 0.717) is 37.0 Å². The number of cyclic esters (lactones) is 1. The molecule has 0 spiro atoms. The Morgan fingerprint density at radius 3 is 2.73 bits per heavy atom. The van der Waals surface area contributed by atoms with Gasteiger partial charge in [-0.05, 0) is 44.6 Å². The van der Waals surface area contributed by atoms with Gasteiger partial charge in [-0.1, -0.05) is 6.92 Å². The molecule has 1 aliphatic heterocycles. The first-order valence-corrected chi connectivity index (χ1v) is 10.5. The van der Waals surface area contributed by atoms with Gasteiger partial charge in [-0.2, -0.15) is 0 Å². The number of hydrogen-bond acceptors (Lipinski definition) is 7. The van der Waals surface area contributed by atoms with Crippen LogP contribution in [0.2, 0.25) is 0 Å². The van der Waals surface area contributed by atoms with Gasteiger partial charge in [0.1, 0.15) is 6.10 Å². The fourth-order valence-electron chi connectivity index (χ4n) is 5.66. The minimum Gasteiger partial charge on any atom is -0.504 e. The zero-order valence-electron chi connectivity index (χ0n) is 17.9. The van der Waals surface area contributed by atoms with E-state index in [0.717, 1.165) is 0 Å². The summed E-state index contributed by atoms with van der Waals surface area (Å²) in [4.78, 5) is 26.2. The van der Waals surface area contributed by atoms with Crippen LogP contribution in [0.5, 0.6) is 0 Å². The maximum absolute atomic E-state index is 13.4. The summed E-state index contributed by atoms with van der Waals surface area (Å²) in [6, 6.07) is 0. The number of carbonyl (C=O) groups excluding carboxylic acids is 2. The Kier molecular flexibility index (Phi) is 5.10. The molecule has 7 nitrogen and oxygen atoms in total. The molecule has 3 aliphatic carbocycles. The topological polar surface area (TPSA) is 105 Å². The van der Waals surface area contributed by atoms with Crippen LogP contribution < -0.4 is 5.32 Å². The van der Waals surface area contributed by atoms with E-state index in [1.54, 1.807) is 0 Å². The van der Waals surface area contributed by atoms with E-state index in [9.17, 15) is 19.8 Å². The van der Waals surface area contributed by atoms with Crippen molar-refractivity contribution < 1.29 is 29.3 Å². The fraction of sp³-hybridized carbons (Fsp3) is 0.609. The molecular weight excluding hydrogens is 386 g/mol. The number of fused-ring (bicyclic) bond motifs is 4. The third-order valence-corrected chi connectivity index (χ3v) is 7.44. The first-order chi connectivity index (χ1) is 14.2. The highest BCUT2D eigenvalue weighted by molar-refractivity contribution is 6.13. The molecule has 3 N–H and O–H groups in total. The summed E-state index contributed by atoms with van der Waals surface area (Å²) < 4.78 is 11.1. The summed E-state index contributed by atoms with van der Waals surface area (Å²) in [6.07, 6.45) is 5.41. The van der Waals surface area contributed by atoms with E-state index in [4.69, 9.17) is 9.47 Å². The second-order valence-corrected chi connectivity index (χ2v) is 9.01.